The Morgan fingerprint density at radius 1 is 1.09 bits per heavy atom. The van der Waals surface area contributed by atoms with E-state index < -0.39 is 30.2 Å². The smallest absolute Gasteiger partial charge is 0.437 e. The summed E-state index contributed by atoms with van der Waals surface area (Å²) in [4.78, 5) is 63.4. The lowest BCUT2D eigenvalue weighted by Gasteiger charge is -2.46. The van der Waals surface area contributed by atoms with Gasteiger partial charge >= 0.3 is 18.2 Å². The molecule has 4 aliphatic heterocycles. The predicted molar refractivity (Wildman–Crippen MR) is 169 cm³/mol. The largest absolute Gasteiger partial charge is 0.457 e. The summed E-state index contributed by atoms with van der Waals surface area (Å²) in [6.45, 7) is 16.7. The summed E-state index contributed by atoms with van der Waals surface area (Å²) in [5.41, 5.74) is 0.204. The number of esters is 1. The number of aliphatic imine (C=N–C) groups is 1. The molecular weight excluding hydrogens is 602 g/mol. The number of guanidine groups is 1. The average Bonchev–Trinajstić information content (AvgIpc) is 3.64. The molecule has 0 aliphatic carbocycles. The van der Waals surface area contributed by atoms with Crippen LogP contribution in [0, 0.1) is 11.8 Å². The number of hydrogen-bond donors (Lipinski definition) is 1. The van der Waals surface area contributed by atoms with Gasteiger partial charge in [0.25, 0.3) is 0 Å². The van der Waals surface area contributed by atoms with Crippen molar-refractivity contribution in [2.45, 2.75) is 50.1 Å². The van der Waals surface area contributed by atoms with Gasteiger partial charge in [-0.05, 0) is 19.8 Å². The lowest BCUT2D eigenvalue weighted by molar-refractivity contribution is -0.164. The van der Waals surface area contributed by atoms with Gasteiger partial charge in [0, 0.05) is 55.3 Å². The van der Waals surface area contributed by atoms with Crippen LogP contribution in [0.3, 0.4) is 0 Å². The first-order valence-corrected chi connectivity index (χ1v) is 16.0. The van der Waals surface area contributed by atoms with E-state index in [1.807, 2.05) is 23.8 Å². The van der Waals surface area contributed by atoms with E-state index in [4.69, 9.17) is 14.2 Å². The number of β-lactam (4-membered cyclic amide) rings is 1. The number of amides is 3. The zero-order valence-electron chi connectivity index (χ0n) is 26.1. The molecule has 0 unspecified atom stereocenters. The quantitative estimate of drug-likeness (QED) is 0.137. The summed E-state index contributed by atoms with van der Waals surface area (Å²) in [6, 6.07) is -0.544. The predicted octanol–water partition coefficient (Wildman–Crippen LogP) is 2.60. The molecule has 0 saturated carbocycles. The molecular formula is C31H43N5O8S. The third-order valence-corrected chi connectivity index (χ3v) is 9.93. The van der Waals surface area contributed by atoms with Gasteiger partial charge < -0.3 is 38.9 Å². The second-order valence-electron chi connectivity index (χ2n) is 11.5. The second-order valence-corrected chi connectivity index (χ2v) is 12.8. The van der Waals surface area contributed by atoms with Gasteiger partial charge in [-0.25, -0.2) is 14.4 Å². The van der Waals surface area contributed by atoms with Crippen LogP contribution in [-0.2, 0) is 23.8 Å². The number of aliphatic hydroxyl groups excluding tert-OH is 1. The number of carbonyl (C=O) groups is 4. The third kappa shape index (κ3) is 7.22. The molecule has 0 aromatic heterocycles. The fraction of sp³-hybridized carbons (Fsp3) is 0.581. The minimum absolute atomic E-state index is 0.00142. The Bertz CT molecular complexity index is 1270. The van der Waals surface area contributed by atoms with Crippen molar-refractivity contribution in [3.8, 4) is 0 Å². The van der Waals surface area contributed by atoms with Crippen LogP contribution in [0.15, 0.2) is 53.6 Å². The van der Waals surface area contributed by atoms with Crippen LogP contribution in [0.4, 0.5) is 9.59 Å². The van der Waals surface area contributed by atoms with Crippen molar-refractivity contribution < 1.29 is 38.5 Å². The number of rotatable bonds is 13. The molecule has 4 heterocycles. The number of fused-ring (bicyclic) bond motifs is 1. The number of aliphatic hydroxyl groups is 1. The zero-order valence-corrected chi connectivity index (χ0v) is 26.9. The highest BCUT2D eigenvalue weighted by atomic mass is 32.2. The van der Waals surface area contributed by atoms with E-state index in [9.17, 15) is 24.3 Å². The van der Waals surface area contributed by atoms with E-state index in [0.29, 0.717) is 49.9 Å². The van der Waals surface area contributed by atoms with Crippen molar-refractivity contribution in [3.05, 3.63) is 48.6 Å². The lowest BCUT2D eigenvalue weighted by Crippen LogP contribution is -2.63. The maximum absolute atomic E-state index is 13.2. The van der Waals surface area contributed by atoms with Crippen molar-refractivity contribution >= 4 is 41.8 Å². The van der Waals surface area contributed by atoms with Crippen molar-refractivity contribution in [2.24, 2.45) is 16.8 Å². The Hall–Kier alpha value is -3.78. The summed E-state index contributed by atoms with van der Waals surface area (Å²) in [5, 5.41) is 10.2. The molecule has 4 rings (SSSR count). The van der Waals surface area contributed by atoms with Crippen molar-refractivity contribution in [2.75, 3.05) is 53.0 Å². The maximum Gasteiger partial charge on any atom is 0.437 e. The highest BCUT2D eigenvalue weighted by molar-refractivity contribution is 8.03. The third-order valence-electron chi connectivity index (χ3n) is 8.44. The van der Waals surface area contributed by atoms with E-state index in [0.717, 1.165) is 0 Å². The van der Waals surface area contributed by atoms with Crippen molar-refractivity contribution in [1.82, 2.24) is 19.6 Å². The molecule has 0 aromatic rings. The Kier molecular flexibility index (Phi) is 11.4. The summed E-state index contributed by atoms with van der Waals surface area (Å²) >= 11 is 1.47. The summed E-state index contributed by atoms with van der Waals surface area (Å²) < 4.78 is 15.8. The van der Waals surface area contributed by atoms with Crippen LogP contribution in [-0.4, -0.2) is 131 Å². The fourth-order valence-electron chi connectivity index (χ4n) is 6.35. The molecule has 0 spiro atoms. The van der Waals surface area contributed by atoms with Gasteiger partial charge in [0.05, 0.1) is 18.1 Å². The van der Waals surface area contributed by atoms with Gasteiger partial charge in [0.15, 0.2) is 0 Å². The highest BCUT2D eigenvalue weighted by Crippen LogP contribution is 2.52. The van der Waals surface area contributed by atoms with Crippen LogP contribution < -0.4 is 0 Å². The molecule has 0 bridgehead atoms. The molecule has 6 atom stereocenters. The number of thioether (sulfide) groups is 1. The molecule has 4 aliphatic rings. The minimum atomic E-state index is -0.858. The highest BCUT2D eigenvalue weighted by Gasteiger charge is 2.60. The topological polar surface area (TPSA) is 142 Å². The molecule has 3 fully saturated rings. The number of ether oxygens (including phenoxy) is 3. The van der Waals surface area contributed by atoms with E-state index in [2.05, 4.69) is 24.7 Å². The average molecular weight is 646 g/mol. The number of likely N-dealkylation sites (N-methyl/N-ethyl adjacent to an activating group) is 1. The minimum Gasteiger partial charge on any atom is -0.457 e. The van der Waals surface area contributed by atoms with Crippen LogP contribution in [0.2, 0.25) is 0 Å². The second kappa shape index (κ2) is 15.0. The molecule has 3 saturated heterocycles. The van der Waals surface area contributed by atoms with Gasteiger partial charge in [-0.3, -0.25) is 4.79 Å². The molecule has 0 radical (unpaired) electrons. The van der Waals surface area contributed by atoms with Gasteiger partial charge in [-0.15, -0.1) is 16.8 Å². The monoisotopic (exact) mass is 645 g/mol. The molecule has 14 heteroatoms. The van der Waals surface area contributed by atoms with Gasteiger partial charge in [-0.1, -0.05) is 44.9 Å². The molecule has 45 heavy (non-hydrogen) atoms. The van der Waals surface area contributed by atoms with Crippen LogP contribution in [0.25, 0.3) is 0 Å². The summed E-state index contributed by atoms with van der Waals surface area (Å²) in [7, 11) is 1.85. The standard InChI is InChI=1S/C31H43N5O8S/c1-7-14-42-28(39)25-26(19(4)24-23(20(5)37)27(38)36(24)25)45-22-17-21(35(18-22)31(41)44-16-9-3)10-11-34-13-12-33(6)29(34)32-30(40)43-15-8-2/h7-9,19-24,37H,1-3,10-18H2,4-6H3/t19-,20-,21-,22+,23-,24-/m1/s1. The number of hydrogen-bond acceptors (Lipinski definition) is 9. The first-order chi connectivity index (χ1) is 21.5. The van der Waals surface area contributed by atoms with Crippen molar-refractivity contribution in [3.63, 3.8) is 0 Å². The Labute approximate surface area is 268 Å². The van der Waals surface area contributed by atoms with Crippen LogP contribution >= 0.6 is 11.8 Å². The van der Waals surface area contributed by atoms with E-state index in [1.165, 1.54) is 34.9 Å². The van der Waals surface area contributed by atoms with Crippen LogP contribution in [0.1, 0.15) is 26.7 Å². The van der Waals surface area contributed by atoms with Gasteiger partial charge in [-0.2, -0.15) is 0 Å². The fourth-order valence-corrected chi connectivity index (χ4v) is 7.91. The molecule has 0 aromatic carbocycles. The van der Waals surface area contributed by atoms with E-state index in [-0.39, 0.29) is 54.7 Å². The van der Waals surface area contributed by atoms with E-state index >= 15 is 0 Å². The zero-order chi connectivity index (χ0) is 32.8. The van der Waals surface area contributed by atoms with Gasteiger partial charge in [0.1, 0.15) is 25.5 Å². The van der Waals surface area contributed by atoms with E-state index in [1.54, 1.807) is 11.8 Å². The first-order valence-electron chi connectivity index (χ1n) is 15.1. The SMILES string of the molecule is C=CCOC(=O)N=C1N(C)CCN1CC[C@@H]1C[C@H](SC2=C(C(=O)OCC=C)N3C(=O)[C@H]([C@@H](C)O)[C@H]3[C@H]2C)CN1C(=O)OCC=C. The Morgan fingerprint density at radius 2 is 1.76 bits per heavy atom. The normalized spacial score (nSPS) is 27.3. The lowest BCUT2D eigenvalue weighted by atomic mass is 9.79. The molecule has 1 N–H and O–H groups in total. The van der Waals surface area contributed by atoms with Crippen molar-refractivity contribution in [1.29, 1.82) is 0 Å². The molecule has 3 amide bonds. The molecule has 246 valence electrons. The molecule has 13 nitrogen and oxygen atoms in total. The van der Waals surface area contributed by atoms with Gasteiger partial charge in [0.2, 0.25) is 11.9 Å². The Balaban J connectivity index is 1.53. The Morgan fingerprint density at radius 3 is 2.42 bits per heavy atom. The number of carbonyl (C=O) groups excluding carboxylic acids is 4. The summed E-state index contributed by atoms with van der Waals surface area (Å²) in [6.07, 6.45) is 3.62. The summed E-state index contributed by atoms with van der Waals surface area (Å²) in [5.74, 6) is -1.23. The number of nitrogens with zero attached hydrogens (tertiary/aromatic N) is 5. The maximum atomic E-state index is 13.2. The number of likely N-dealkylation sites (tertiary alicyclic amines) is 1. The first kappa shape index (κ1) is 34.1. The van der Waals surface area contributed by atoms with Crippen LogP contribution in [0.5, 0.6) is 0 Å².